The number of carbonyl (C=O) groups excluding carboxylic acids is 1. The maximum Gasteiger partial charge on any atom is 0.408 e. The third-order valence-corrected chi connectivity index (χ3v) is 4.97. The first kappa shape index (κ1) is 24.9. The molecule has 34 heavy (non-hydrogen) atoms. The number of aromatic nitrogens is 5. The van der Waals surface area contributed by atoms with Gasteiger partial charge in [-0.25, -0.2) is 14.5 Å². The highest BCUT2D eigenvalue weighted by molar-refractivity contribution is 6.03. The quantitative estimate of drug-likeness (QED) is 0.580. The summed E-state index contributed by atoms with van der Waals surface area (Å²) in [5.74, 6) is -0.926. The molecule has 2 N–H and O–H groups in total. The summed E-state index contributed by atoms with van der Waals surface area (Å²) in [5.41, 5.74) is 7.90. The Balaban J connectivity index is 0.000000196. The van der Waals surface area contributed by atoms with Gasteiger partial charge in [0.1, 0.15) is 12.4 Å². The Hall–Kier alpha value is -3.74. The fourth-order valence-corrected chi connectivity index (χ4v) is 3.21. The van der Waals surface area contributed by atoms with E-state index in [9.17, 15) is 22.8 Å². The van der Waals surface area contributed by atoms with Crippen LogP contribution in [0.4, 0.5) is 13.2 Å². The van der Waals surface area contributed by atoms with E-state index in [2.05, 4.69) is 15.2 Å². The van der Waals surface area contributed by atoms with Crippen LogP contribution >= 0.6 is 0 Å². The Kier molecular flexibility index (Phi) is 7.66. The molecular weight excluding hydrogens is 455 g/mol. The number of benzene rings is 1. The second-order valence-corrected chi connectivity index (χ2v) is 7.47. The van der Waals surface area contributed by atoms with Crippen molar-refractivity contribution in [3.8, 4) is 11.4 Å². The summed E-state index contributed by atoms with van der Waals surface area (Å²) >= 11 is 0. The van der Waals surface area contributed by atoms with Crippen molar-refractivity contribution in [3.63, 3.8) is 0 Å². The minimum atomic E-state index is -4.35. The summed E-state index contributed by atoms with van der Waals surface area (Å²) in [6.07, 6.45) is -1.91. The van der Waals surface area contributed by atoms with E-state index < -0.39 is 18.7 Å². The predicted octanol–water partition coefficient (Wildman–Crippen LogP) is 3.07. The number of hydrogen-bond donors (Lipinski definition) is 1. The Bertz CT molecular complexity index is 1140. The molecule has 0 bridgehead atoms. The largest absolute Gasteiger partial charge is 0.677 e. The fourth-order valence-electron chi connectivity index (χ4n) is 3.21. The minimum Gasteiger partial charge on any atom is -0.677 e. The summed E-state index contributed by atoms with van der Waals surface area (Å²) in [6.45, 7) is 0.201. The molecule has 0 spiro atoms. The molecule has 10 nitrogen and oxygen atoms in total. The molecule has 13 heteroatoms. The number of nitrogens with one attached hydrogen (secondary N) is 1. The smallest absolute Gasteiger partial charge is 0.408 e. The maximum absolute atomic E-state index is 12.4. The second-order valence-electron chi connectivity index (χ2n) is 7.47. The first-order valence-corrected chi connectivity index (χ1v) is 10.4. The fraction of sp³-hybridized carbons (Fsp3) is 0.381. The molecular formula is C21H23F3N7O3-. The van der Waals surface area contributed by atoms with Gasteiger partial charge in [0, 0.05) is 25.7 Å². The van der Waals surface area contributed by atoms with Crippen LogP contribution < -0.4 is 0 Å². The van der Waals surface area contributed by atoms with E-state index >= 15 is 0 Å². The van der Waals surface area contributed by atoms with Crippen molar-refractivity contribution in [1.29, 1.82) is 0 Å². The van der Waals surface area contributed by atoms with E-state index in [1.807, 2.05) is 0 Å². The summed E-state index contributed by atoms with van der Waals surface area (Å²) in [7, 11) is 1.51. The molecule has 0 unspecified atom stereocenters. The van der Waals surface area contributed by atoms with Crippen molar-refractivity contribution in [1.82, 2.24) is 29.4 Å². The van der Waals surface area contributed by atoms with E-state index in [0.717, 1.165) is 11.1 Å². The lowest BCUT2D eigenvalue weighted by Gasteiger charge is -2.30. The van der Waals surface area contributed by atoms with Gasteiger partial charge in [-0.3, -0.25) is 9.48 Å². The lowest BCUT2D eigenvalue weighted by Crippen LogP contribution is -2.42. The van der Waals surface area contributed by atoms with Crippen LogP contribution in [0.25, 0.3) is 17.1 Å². The van der Waals surface area contributed by atoms with E-state index in [1.54, 1.807) is 35.2 Å². The lowest BCUT2D eigenvalue weighted by molar-refractivity contribution is -0.143. The first-order chi connectivity index (χ1) is 16.1. The highest BCUT2D eigenvalue weighted by atomic mass is 19.4. The normalized spacial score (nSPS) is 13.1. The van der Waals surface area contributed by atoms with Crippen molar-refractivity contribution < 1.29 is 27.9 Å². The summed E-state index contributed by atoms with van der Waals surface area (Å²) in [5, 5.41) is 16.6. The highest BCUT2D eigenvalue weighted by Crippen LogP contribution is 2.21. The van der Waals surface area contributed by atoms with Crippen molar-refractivity contribution >= 4 is 11.9 Å². The molecule has 2 aromatic heterocycles. The van der Waals surface area contributed by atoms with Crippen LogP contribution in [-0.2, 0) is 20.0 Å². The van der Waals surface area contributed by atoms with Gasteiger partial charge in [0.2, 0.25) is 0 Å². The van der Waals surface area contributed by atoms with Crippen molar-refractivity contribution in [2.45, 2.75) is 25.6 Å². The van der Waals surface area contributed by atoms with Gasteiger partial charge in [-0.05, 0) is 12.8 Å². The van der Waals surface area contributed by atoms with Gasteiger partial charge < -0.3 is 15.7 Å². The molecule has 4 rings (SSSR count). The standard InChI is InChI=1S/C12H12F3N4.C9H11N3O3/c13-12(14,15)8-19-10(6-7-16)17-11(18-19)9-4-2-1-3-5-9;1-11-7(9(14)15)6(5-10-11)8(13)12-3-2-4-12/h1-5,16H,6-8H2;5H,2-4H2,1H3,(H,14,15)/q-1;. The lowest BCUT2D eigenvalue weighted by atomic mass is 10.1. The number of halogens is 3. The molecule has 0 saturated carbocycles. The maximum atomic E-state index is 12.4. The number of aromatic carboxylic acids is 1. The molecule has 3 heterocycles. The average molecular weight is 478 g/mol. The van der Waals surface area contributed by atoms with Crippen LogP contribution in [0.1, 0.15) is 33.1 Å². The van der Waals surface area contributed by atoms with E-state index in [-0.39, 0.29) is 41.8 Å². The summed E-state index contributed by atoms with van der Waals surface area (Å²) in [6, 6.07) is 8.81. The van der Waals surface area contributed by atoms with Gasteiger partial charge in [0.25, 0.3) is 5.91 Å². The topological polar surface area (TPSA) is 130 Å². The predicted molar refractivity (Wildman–Crippen MR) is 115 cm³/mol. The number of nitrogens with zero attached hydrogens (tertiary/aromatic N) is 6. The number of amides is 1. The Morgan fingerprint density at radius 1 is 1.18 bits per heavy atom. The zero-order chi connectivity index (χ0) is 24.9. The minimum absolute atomic E-state index is 0.0230. The molecule has 3 aromatic rings. The third kappa shape index (κ3) is 5.98. The third-order valence-electron chi connectivity index (χ3n) is 4.97. The number of likely N-dealkylation sites (tertiary alicyclic amines) is 1. The van der Waals surface area contributed by atoms with Crippen LogP contribution in [0, 0.1) is 0 Å². The summed E-state index contributed by atoms with van der Waals surface area (Å²) in [4.78, 5) is 28.4. The molecule has 1 saturated heterocycles. The van der Waals surface area contributed by atoms with Crippen molar-refractivity contribution in [2.75, 3.05) is 19.6 Å². The monoisotopic (exact) mass is 478 g/mol. The number of alkyl halides is 3. The van der Waals surface area contributed by atoms with Crippen LogP contribution in [0.3, 0.4) is 0 Å². The average Bonchev–Trinajstić information content (AvgIpc) is 3.30. The van der Waals surface area contributed by atoms with Gasteiger partial charge in [-0.2, -0.15) is 23.4 Å². The van der Waals surface area contributed by atoms with Crippen LogP contribution in [0.5, 0.6) is 0 Å². The molecule has 0 radical (unpaired) electrons. The molecule has 0 aliphatic carbocycles. The van der Waals surface area contributed by atoms with E-state index in [0.29, 0.717) is 18.7 Å². The van der Waals surface area contributed by atoms with Gasteiger partial charge >= 0.3 is 12.1 Å². The molecule has 1 aliphatic heterocycles. The molecule has 1 fully saturated rings. The van der Waals surface area contributed by atoms with Crippen molar-refractivity contribution in [2.24, 2.45) is 7.05 Å². The van der Waals surface area contributed by atoms with E-state index in [4.69, 9.17) is 10.8 Å². The molecule has 182 valence electrons. The number of hydrogen-bond acceptors (Lipinski definition) is 5. The molecule has 1 aliphatic rings. The first-order valence-electron chi connectivity index (χ1n) is 10.4. The number of carbonyl (C=O) groups is 2. The second kappa shape index (κ2) is 10.5. The number of rotatable bonds is 6. The van der Waals surface area contributed by atoms with Gasteiger partial charge in [0.15, 0.2) is 11.5 Å². The Morgan fingerprint density at radius 3 is 2.38 bits per heavy atom. The Morgan fingerprint density at radius 2 is 1.85 bits per heavy atom. The van der Waals surface area contributed by atoms with Crippen LogP contribution in [0.2, 0.25) is 0 Å². The van der Waals surface area contributed by atoms with Gasteiger partial charge in [-0.15, -0.1) is 6.54 Å². The van der Waals surface area contributed by atoms with Gasteiger partial charge in [0.05, 0.1) is 11.8 Å². The zero-order valence-electron chi connectivity index (χ0n) is 18.3. The number of carboxylic acids is 1. The molecule has 1 aromatic carbocycles. The summed E-state index contributed by atoms with van der Waals surface area (Å²) < 4.78 is 39.3. The SMILES string of the molecule is Cn1ncc(C(=O)N2CCC2)c1C(=O)O.[NH-]CCc1nc(-c2ccccc2)nn1CC(F)(F)F. The zero-order valence-corrected chi connectivity index (χ0v) is 18.3. The highest BCUT2D eigenvalue weighted by Gasteiger charge is 2.30. The Labute approximate surface area is 192 Å². The number of carboxylic acid groups (broad SMARTS) is 1. The van der Waals surface area contributed by atoms with E-state index in [1.165, 1.54) is 17.9 Å². The van der Waals surface area contributed by atoms with Crippen LogP contribution in [0.15, 0.2) is 36.5 Å². The number of aryl methyl sites for hydroxylation is 1. The van der Waals surface area contributed by atoms with Crippen LogP contribution in [-0.4, -0.2) is 72.2 Å². The van der Waals surface area contributed by atoms with Gasteiger partial charge in [-0.1, -0.05) is 30.3 Å². The molecule has 1 amide bonds. The van der Waals surface area contributed by atoms with Crippen molar-refractivity contribution in [3.05, 3.63) is 59.3 Å². The molecule has 0 atom stereocenters.